The zero-order valence-corrected chi connectivity index (χ0v) is 10.9. The number of fused-ring (bicyclic) bond motifs is 5. The summed E-state index contributed by atoms with van der Waals surface area (Å²) in [7, 11) is 2.03. The monoisotopic (exact) mass is 251 g/mol. The predicted octanol–water partition coefficient (Wildman–Crippen LogP) is 2.10. The standard InChI is InChI=1S/C16H13NO2/c1-8-7-11-13(14-12(8)15(18)16(14)19)9-5-3-4-6-10(9)17(11)2/h3-6,8H,7H2,1-2H3. The third-order valence-electron chi connectivity index (χ3n) is 4.42. The molecule has 94 valence electrons. The van der Waals surface area contributed by atoms with Crippen molar-refractivity contribution < 1.29 is 0 Å². The molecular formula is C16H13NO2. The number of nitrogens with zero attached hydrogens (tertiary/aromatic N) is 1. The second-order valence-electron chi connectivity index (χ2n) is 5.45. The van der Waals surface area contributed by atoms with E-state index in [1.165, 1.54) is 5.69 Å². The molecule has 1 aromatic heterocycles. The molecule has 0 saturated carbocycles. The van der Waals surface area contributed by atoms with Gasteiger partial charge in [-0.25, -0.2) is 0 Å². The van der Waals surface area contributed by atoms with Crippen molar-refractivity contribution >= 4 is 10.9 Å². The molecule has 2 aromatic carbocycles. The fourth-order valence-electron chi connectivity index (χ4n) is 3.48. The number of para-hydroxylation sites is 1. The second-order valence-corrected chi connectivity index (χ2v) is 5.45. The molecule has 0 aliphatic heterocycles. The fraction of sp³-hybridized carbons (Fsp3) is 0.250. The number of benzene rings is 1. The van der Waals surface area contributed by atoms with Crippen LogP contribution in [-0.2, 0) is 13.5 Å². The van der Waals surface area contributed by atoms with Crippen LogP contribution in [0.15, 0.2) is 33.9 Å². The van der Waals surface area contributed by atoms with Crippen LogP contribution in [-0.4, -0.2) is 4.57 Å². The molecule has 3 aromatic rings. The van der Waals surface area contributed by atoms with E-state index in [4.69, 9.17) is 0 Å². The molecule has 0 saturated heterocycles. The summed E-state index contributed by atoms with van der Waals surface area (Å²) in [6, 6.07) is 8.07. The first-order valence-electron chi connectivity index (χ1n) is 6.51. The molecule has 1 unspecified atom stereocenters. The van der Waals surface area contributed by atoms with Gasteiger partial charge in [-0.1, -0.05) is 25.1 Å². The average molecular weight is 251 g/mol. The van der Waals surface area contributed by atoms with Gasteiger partial charge in [0.15, 0.2) is 0 Å². The molecule has 1 heterocycles. The van der Waals surface area contributed by atoms with Crippen LogP contribution in [0.4, 0.5) is 0 Å². The molecule has 1 aliphatic carbocycles. The molecule has 3 heteroatoms. The highest BCUT2D eigenvalue weighted by molar-refractivity contribution is 6.00. The number of rotatable bonds is 0. The van der Waals surface area contributed by atoms with E-state index in [1.807, 2.05) is 32.2 Å². The van der Waals surface area contributed by atoms with Crippen molar-refractivity contribution in [3.8, 4) is 11.1 Å². The van der Waals surface area contributed by atoms with Gasteiger partial charge < -0.3 is 4.57 Å². The van der Waals surface area contributed by atoms with Crippen LogP contribution in [0.3, 0.4) is 0 Å². The van der Waals surface area contributed by atoms with Crippen LogP contribution >= 0.6 is 0 Å². The lowest BCUT2D eigenvalue weighted by atomic mass is 9.78. The summed E-state index contributed by atoms with van der Waals surface area (Å²) < 4.78 is 2.15. The molecule has 4 rings (SSSR count). The summed E-state index contributed by atoms with van der Waals surface area (Å²) in [5, 5.41) is 1.08. The normalized spacial score (nSPS) is 17.7. The SMILES string of the molecule is CC1Cc2c(c3ccccc3n2C)-c2c1c(=O)c2=O. The van der Waals surface area contributed by atoms with Gasteiger partial charge in [-0.2, -0.15) is 0 Å². The van der Waals surface area contributed by atoms with Crippen LogP contribution in [0.5, 0.6) is 0 Å². The first-order chi connectivity index (χ1) is 9.11. The van der Waals surface area contributed by atoms with E-state index in [0.717, 1.165) is 28.5 Å². The van der Waals surface area contributed by atoms with Gasteiger partial charge in [0.05, 0.1) is 0 Å². The van der Waals surface area contributed by atoms with Crippen LogP contribution in [0, 0.1) is 0 Å². The average Bonchev–Trinajstić information content (AvgIpc) is 2.70. The Morgan fingerprint density at radius 3 is 2.63 bits per heavy atom. The van der Waals surface area contributed by atoms with Gasteiger partial charge in [-0.15, -0.1) is 0 Å². The van der Waals surface area contributed by atoms with E-state index >= 15 is 0 Å². The van der Waals surface area contributed by atoms with Gasteiger partial charge in [0, 0.05) is 40.3 Å². The van der Waals surface area contributed by atoms with Crippen molar-refractivity contribution in [1.82, 2.24) is 4.57 Å². The first-order valence-corrected chi connectivity index (χ1v) is 6.51. The molecule has 0 bridgehead atoms. The Kier molecular flexibility index (Phi) is 1.83. The summed E-state index contributed by atoms with van der Waals surface area (Å²) >= 11 is 0. The largest absolute Gasteiger partial charge is 0.347 e. The number of hydrogen-bond donors (Lipinski definition) is 0. The predicted molar refractivity (Wildman–Crippen MR) is 75.4 cm³/mol. The highest BCUT2D eigenvalue weighted by atomic mass is 16.2. The number of hydrogen-bond acceptors (Lipinski definition) is 2. The van der Waals surface area contributed by atoms with Gasteiger partial charge in [0.25, 0.3) is 0 Å². The molecule has 0 radical (unpaired) electrons. The van der Waals surface area contributed by atoms with E-state index < -0.39 is 0 Å². The van der Waals surface area contributed by atoms with Crippen LogP contribution < -0.4 is 10.9 Å². The zero-order chi connectivity index (χ0) is 13.3. The molecule has 0 amide bonds. The third-order valence-corrected chi connectivity index (χ3v) is 4.42. The van der Waals surface area contributed by atoms with Gasteiger partial charge in [-0.05, 0) is 18.4 Å². The smallest absolute Gasteiger partial charge is 0.234 e. The molecule has 3 nitrogen and oxygen atoms in total. The van der Waals surface area contributed by atoms with E-state index in [2.05, 4.69) is 10.6 Å². The van der Waals surface area contributed by atoms with E-state index in [-0.39, 0.29) is 16.8 Å². The fourth-order valence-corrected chi connectivity index (χ4v) is 3.48. The molecule has 1 atom stereocenters. The first kappa shape index (κ1) is 10.7. The van der Waals surface area contributed by atoms with E-state index in [1.54, 1.807) is 0 Å². The minimum atomic E-state index is -0.306. The lowest BCUT2D eigenvalue weighted by molar-refractivity contribution is 0.689. The lowest BCUT2D eigenvalue weighted by Crippen LogP contribution is -2.40. The number of aryl methyl sites for hydroxylation is 1. The van der Waals surface area contributed by atoms with Crippen molar-refractivity contribution in [2.75, 3.05) is 0 Å². The molecule has 0 N–H and O–H groups in total. The van der Waals surface area contributed by atoms with Crippen molar-refractivity contribution in [3.63, 3.8) is 0 Å². The Morgan fingerprint density at radius 2 is 1.84 bits per heavy atom. The van der Waals surface area contributed by atoms with Crippen LogP contribution in [0.25, 0.3) is 22.0 Å². The maximum atomic E-state index is 11.9. The Morgan fingerprint density at radius 1 is 1.11 bits per heavy atom. The summed E-state index contributed by atoms with van der Waals surface area (Å²) in [5.74, 6) is 0.149. The van der Waals surface area contributed by atoms with E-state index in [0.29, 0.717) is 5.56 Å². The van der Waals surface area contributed by atoms with Crippen molar-refractivity contribution in [3.05, 3.63) is 56.0 Å². The molecule has 0 fully saturated rings. The molecule has 0 spiro atoms. The highest BCUT2D eigenvalue weighted by Gasteiger charge is 2.35. The second kappa shape index (κ2) is 3.23. The van der Waals surface area contributed by atoms with Gasteiger partial charge in [0.1, 0.15) is 0 Å². The topological polar surface area (TPSA) is 39.1 Å². The van der Waals surface area contributed by atoms with Gasteiger partial charge >= 0.3 is 0 Å². The van der Waals surface area contributed by atoms with Gasteiger partial charge in [0.2, 0.25) is 10.9 Å². The summed E-state index contributed by atoms with van der Waals surface area (Å²) in [5.41, 5.74) is 4.13. The van der Waals surface area contributed by atoms with E-state index in [9.17, 15) is 9.59 Å². The van der Waals surface area contributed by atoms with Crippen molar-refractivity contribution in [2.45, 2.75) is 19.3 Å². The minimum Gasteiger partial charge on any atom is -0.347 e. The van der Waals surface area contributed by atoms with Crippen molar-refractivity contribution in [1.29, 1.82) is 0 Å². The number of aromatic nitrogens is 1. The summed E-state index contributed by atoms with van der Waals surface area (Å²) in [4.78, 5) is 23.7. The maximum absolute atomic E-state index is 11.9. The Labute approximate surface area is 109 Å². The van der Waals surface area contributed by atoms with Crippen molar-refractivity contribution in [2.24, 2.45) is 7.05 Å². The highest BCUT2D eigenvalue weighted by Crippen LogP contribution is 2.42. The molecular weight excluding hydrogens is 238 g/mol. The summed E-state index contributed by atoms with van der Waals surface area (Å²) in [6.45, 7) is 2.03. The quantitative estimate of drug-likeness (QED) is 0.574. The Bertz CT molecular complexity index is 907. The minimum absolute atomic E-state index is 0.149. The molecule has 19 heavy (non-hydrogen) atoms. The summed E-state index contributed by atoms with van der Waals surface area (Å²) in [6.07, 6.45) is 0.832. The lowest BCUT2D eigenvalue weighted by Gasteiger charge is -2.24. The molecule has 1 aliphatic rings. The zero-order valence-electron chi connectivity index (χ0n) is 10.9. The maximum Gasteiger partial charge on any atom is 0.234 e. The Balaban J connectivity index is 2.21. The van der Waals surface area contributed by atoms with Crippen LogP contribution in [0.2, 0.25) is 0 Å². The van der Waals surface area contributed by atoms with Gasteiger partial charge in [-0.3, -0.25) is 9.59 Å². The third kappa shape index (κ3) is 1.09. The van der Waals surface area contributed by atoms with Crippen LogP contribution in [0.1, 0.15) is 24.1 Å². The Hall–Kier alpha value is -2.16.